The Morgan fingerprint density at radius 1 is 0.818 bits per heavy atom. The summed E-state index contributed by atoms with van der Waals surface area (Å²) >= 11 is 0. The third-order valence-corrected chi connectivity index (χ3v) is 4.68. The zero-order valence-corrected chi connectivity index (χ0v) is 18.7. The number of hydrogen-bond acceptors (Lipinski definition) is 6. The molecule has 0 spiro atoms. The lowest BCUT2D eigenvalue weighted by atomic mass is 10.1. The van der Waals surface area contributed by atoms with Crippen LogP contribution in [0.1, 0.15) is 49.3 Å². The molecule has 0 heterocycles. The number of benzene rings is 2. The Morgan fingerprint density at radius 2 is 1.39 bits per heavy atom. The molecule has 0 radical (unpaired) electrons. The summed E-state index contributed by atoms with van der Waals surface area (Å²) in [6.45, 7) is 1.97. The van der Waals surface area contributed by atoms with Crippen molar-refractivity contribution in [1.82, 2.24) is 5.32 Å². The van der Waals surface area contributed by atoms with Crippen LogP contribution in [0, 0.1) is 0 Å². The van der Waals surface area contributed by atoms with Crippen LogP contribution in [0.2, 0.25) is 0 Å². The van der Waals surface area contributed by atoms with Crippen molar-refractivity contribution in [2.45, 2.75) is 44.6 Å². The lowest BCUT2D eigenvalue weighted by molar-refractivity contribution is -0.159. The molecular weight excluding hydrogens is 426 g/mol. The van der Waals surface area contributed by atoms with Crippen LogP contribution in [-0.2, 0) is 25.5 Å². The monoisotopic (exact) mass is 459 g/mol. The molecule has 2 aromatic rings. The minimum absolute atomic E-state index is 0.115. The number of ether oxygens (including phenoxy) is 1. The zero-order chi connectivity index (χ0) is 24.3. The smallest absolute Gasteiger partial charge is 0.414 e. The summed E-state index contributed by atoms with van der Waals surface area (Å²) in [7, 11) is 0. The third kappa shape index (κ3) is 14.5. The van der Waals surface area contributed by atoms with Gasteiger partial charge in [-0.15, -0.1) is 0 Å². The maximum absolute atomic E-state index is 11.7. The van der Waals surface area contributed by atoms with E-state index in [9.17, 15) is 9.90 Å². The second-order valence-electron chi connectivity index (χ2n) is 7.36. The molecule has 33 heavy (non-hydrogen) atoms. The topological polar surface area (TPSA) is 133 Å². The molecule has 1 atom stereocenters. The highest BCUT2D eigenvalue weighted by Gasteiger charge is 2.06. The molecule has 8 nitrogen and oxygen atoms in total. The van der Waals surface area contributed by atoms with Gasteiger partial charge in [-0.1, -0.05) is 73.5 Å². The number of aliphatic hydroxyl groups excluding tert-OH is 1. The standard InChI is InChI=1S/C23H31NO3.C2H2O4/c25-22(21-13-7-4-8-14-21)19-24-17-9-1-2-10-18-27-23(26)16-15-20-11-5-3-6-12-20;3-1(4)2(5)6/h3-8,11-14,22,24-25H,1-2,9-10,15-19H2;(H,3,4)(H,5,6). The van der Waals surface area contributed by atoms with Crippen molar-refractivity contribution in [3.63, 3.8) is 0 Å². The van der Waals surface area contributed by atoms with Gasteiger partial charge in [0, 0.05) is 13.0 Å². The molecule has 0 aliphatic rings. The minimum Gasteiger partial charge on any atom is -0.473 e. The predicted molar refractivity (Wildman–Crippen MR) is 124 cm³/mol. The van der Waals surface area contributed by atoms with E-state index >= 15 is 0 Å². The predicted octanol–water partition coefficient (Wildman–Crippen LogP) is 3.20. The first-order chi connectivity index (χ1) is 15.9. The molecule has 1 unspecified atom stereocenters. The molecule has 4 N–H and O–H groups in total. The Hall–Kier alpha value is -3.23. The molecule has 0 saturated carbocycles. The van der Waals surface area contributed by atoms with Gasteiger partial charge < -0.3 is 25.4 Å². The fraction of sp³-hybridized carbons (Fsp3) is 0.400. The molecule has 2 aromatic carbocycles. The van der Waals surface area contributed by atoms with E-state index in [1.165, 1.54) is 5.56 Å². The number of rotatable bonds is 13. The second kappa shape index (κ2) is 17.3. The van der Waals surface area contributed by atoms with E-state index in [0.717, 1.165) is 44.2 Å². The SMILES string of the molecule is O=C(CCc1ccccc1)OCCCCCCNCC(O)c1ccccc1.O=C(O)C(=O)O. The number of aryl methyl sites for hydroxylation is 1. The summed E-state index contributed by atoms with van der Waals surface area (Å²) in [5, 5.41) is 28.1. The van der Waals surface area contributed by atoms with Crippen LogP contribution in [0.15, 0.2) is 60.7 Å². The van der Waals surface area contributed by atoms with E-state index in [2.05, 4.69) is 5.32 Å². The van der Waals surface area contributed by atoms with Crippen molar-refractivity contribution in [2.24, 2.45) is 0 Å². The molecule has 0 bridgehead atoms. The Labute approximate surface area is 194 Å². The number of unbranched alkanes of at least 4 members (excludes halogenated alkanes) is 3. The summed E-state index contributed by atoms with van der Waals surface area (Å²) < 4.78 is 5.28. The molecule has 0 fully saturated rings. The molecule has 0 amide bonds. The fourth-order valence-electron chi connectivity index (χ4n) is 2.89. The van der Waals surface area contributed by atoms with Crippen molar-refractivity contribution in [2.75, 3.05) is 19.7 Å². The normalized spacial score (nSPS) is 11.1. The van der Waals surface area contributed by atoms with Gasteiger partial charge in [0.1, 0.15) is 0 Å². The number of aliphatic carboxylic acids is 2. The highest BCUT2D eigenvalue weighted by molar-refractivity contribution is 6.27. The molecule has 2 rings (SSSR count). The number of nitrogens with one attached hydrogen (secondary N) is 1. The number of carboxylic acids is 2. The van der Waals surface area contributed by atoms with Gasteiger partial charge in [0.2, 0.25) is 0 Å². The van der Waals surface area contributed by atoms with Gasteiger partial charge in [0.25, 0.3) is 0 Å². The molecule has 8 heteroatoms. The van der Waals surface area contributed by atoms with Crippen LogP contribution in [0.3, 0.4) is 0 Å². The van der Waals surface area contributed by atoms with E-state index < -0.39 is 18.0 Å². The number of carbonyl (C=O) groups excluding carboxylic acids is 1. The number of aliphatic hydroxyl groups is 1. The molecule has 0 aromatic heterocycles. The summed E-state index contributed by atoms with van der Waals surface area (Å²) in [6.07, 6.45) is 4.83. The average Bonchev–Trinajstić information content (AvgIpc) is 2.83. The lowest BCUT2D eigenvalue weighted by Gasteiger charge is -2.12. The molecule has 0 aliphatic carbocycles. The van der Waals surface area contributed by atoms with E-state index in [4.69, 9.17) is 24.5 Å². The van der Waals surface area contributed by atoms with Crippen LogP contribution in [0.4, 0.5) is 0 Å². The third-order valence-electron chi connectivity index (χ3n) is 4.68. The lowest BCUT2D eigenvalue weighted by Crippen LogP contribution is -2.22. The summed E-state index contributed by atoms with van der Waals surface area (Å²) in [5.74, 6) is -3.76. The number of carboxylic acid groups (broad SMARTS) is 2. The van der Waals surface area contributed by atoms with Gasteiger partial charge in [0.05, 0.1) is 12.7 Å². The van der Waals surface area contributed by atoms with Gasteiger partial charge in [-0.3, -0.25) is 4.79 Å². The second-order valence-corrected chi connectivity index (χ2v) is 7.36. The van der Waals surface area contributed by atoms with Crippen molar-refractivity contribution < 1.29 is 34.4 Å². The van der Waals surface area contributed by atoms with Crippen LogP contribution in [-0.4, -0.2) is 52.9 Å². The van der Waals surface area contributed by atoms with Gasteiger partial charge in [-0.05, 0) is 36.9 Å². The fourth-order valence-corrected chi connectivity index (χ4v) is 2.89. The molecule has 0 aliphatic heterocycles. The van der Waals surface area contributed by atoms with E-state index in [0.29, 0.717) is 19.6 Å². The van der Waals surface area contributed by atoms with E-state index in [1.807, 2.05) is 60.7 Å². The van der Waals surface area contributed by atoms with Crippen molar-refractivity contribution >= 4 is 17.9 Å². The van der Waals surface area contributed by atoms with Gasteiger partial charge in [0.15, 0.2) is 0 Å². The van der Waals surface area contributed by atoms with E-state index in [1.54, 1.807) is 0 Å². The Bertz CT molecular complexity index is 800. The van der Waals surface area contributed by atoms with Crippen molar-refractivity contribution in [1.29, 1.82) is 0 Å². The summed E-state index contributed by atoms with van der Waals surface area (Å²) in [5.41, 5.74) is 2.11. The highest BCUT2D eigenvalue weighted by Crippen LogP contribution is 2.10. The van der Waals surface area contributed by atoms with Crippen molar-refractivity contribution in [3.05, 3.63) is 71.8 Å². The maximum atomic E-state index is 11.7. The summed E-state index contributed by atoms with van der Waals surface area (Å²) in [4.78, 5) is 29.9. The number of esters is 1. The maximum Gasteiger partial charge on any atom is 0.414 e. The van der Waals surface area contributed by atoms with Crippen LogP contribution >= 0.6 is 0 Å². The number of hydrogen-bond donors (Lipinski definition) is 4. The van der Waals surface area contributed by atoms with Gasteiger partial charge in [-0.25, -0.2) is 9.59 Å². The van der Waals surface area contributed by atoms with Crippen LogP contribution in [0.5, 0.6) is 0 Å². The Morgan fingerprint density at radius 3 is 2.00 bits per heavy atom. The first-order valence-electron chi connectivity index (χ1n) is 11.0. The number of carbonyl (C=O) groups is 3. The molecule has 180 valence electrons. The molecule has 0 saturated heterocycles. The van der Waals surface area contributed by atoms with E-state index in [-0.39, 0.29) is 5.97 Å². The van der Waals surface area contributed by atoms with Gasteiger partial charge in [-0.2, -0.15) is 0 Å². The largest absolute Gasteiger partial charge is 0.473 e. The summed E-state index contributed by atoms with van der Waals surface area (Å²) in [6, 6.07) is 19.7. The minimum atomic E-state index is -1.82. The first-order valence-corrected chi connectivity index (χ1v) is 11.0. The highest BCUT2D eigenvalue weighted by atomic mass is 16.5. The quantitative estimate of drug-likeness (QED) is 0.204. The Kier molecular flexibility index (Phi) is 14.6. The average molecular weight is 460 g/mol. The molecular formula is C25H33NO7. The van der Waals surface area contributed by atoms with Crippen molar-refractivity contribution in [3.8, 4) is 0 Å². The van der Waals surface area contributed by atoms with Crippen LogP contribution in [0.25, 0.3) is 0 Å². The van der Waals surface area contributed by atoms with Crippen LogP contribution < -0.4 is 5.32 Å². The first kappa shape index (κ1) is 27.8. The Balaban J connectivity index is 0.000000801. The van der Waals surface area contributed by atoms with Gasteiger partial charge >= 0.3 is 17.9 Å². The zero-order valence-electron chi connectivity index (χ0n) is 18.7.